The van der Waals surface area contributed by atoms with Crippen LogP contribution in [0.1, 0.15) is 54.9 Å². The van der Waals surface area contributed by atoms with Crippen LogP contribution in [0, 0.1) is 11.3 Å². The van der Waals surface area contributed by atoms with Gasteiger partial charge in [0, 0.05) is 11.4 Å². The molecule has 0 unspecified atom stereocenters. The predicted octanol–water partition coefficient (Wildman–Crippen LogP) is 5.96. The molecule has 0 saturated carbocycles. The van der Waals surface area contributed by atoms with Crippen molar-refractivity contribution >= 4 is 40.0 Å². The number of aromatic hydroxyl groups is 1. The number of aromatic nitrogens is 3. The van der Waals surface area contributed by atoms with Crippen molar-refractivity contribution in [2.45, 2.75) is 58.7 Å². The quantitative estimate of drug-likeness (QED) is 0.191. The van der Waals surface area contributed by atoms with Gasteiger partial charge in [0.25, 0.3) is 0 Å². The molecule has 3 aromatic rings. The fraction of sp³-hybridized carbons (Fsp3) is 0.429. The summed E-state index contributed by atoms with van der Waals surface area (Å²) in [6, 6.07) is 6.91. The molecule has 10 heteroatoms. The van der Waals surface area contributed by atoms with Crippen LogP contribution in [0.25, 0.3) is 11.4 Å². The third-order valence-electron chi connectivity index (χ3n) is 6.73. The van der Waals surface area contributed by atoms with Gasteiger partial charge in [-0.05, 0) is 55.2 Å². The smallest absolute Gasteiger partial charge is 0.341 e. The summed E-state index contributed by atoms with van der Waals surface area (Å²) in [6.07, 6.45) is 4.40. The van der Waals surface area contributed by atoms with Gasteiger partial charge in [-0.25, -0.2) is 4.79 Å². The molecule has 1 amide bonds. The number of thioether (sulfide) groups is 1. The topological polar surface area (TPSA) is 106 Å². The number of nitrogens with zero attached hydrogens (tertiary/aromatic N) is 3. The highest BCUT2D eigenvalue weighted by molar-refractivity contribution is 7.99. The summed E-state index contributed by atoms with van der Waals surface area (Å²) in [7, 11) is 0. The number of thiophene rings is 1. The van der Waals surface area contributed by atoms with Crippen LogP contribution in [-0.2, 0) is 28.9 Å². The van der Waals surface area contributed by atoms with Gasteiger partial charge in [0.15, 0.2) is 11.0 Å². The Morgan fingerprint density at radius 1 is 1.32 bits per heavy atom. The lowest BCUT2D eigenvalue weighted by molar-refractivity contribution is -0.113. The van der Waals surface area contributed by atoms with Crippen molar-refractivity contribution in [2.24, 2.45) is 11.3 Å². The molecule has 0 aliphatic heterocycles. The van der Waals surface area contributed by atoms with Crippen molar-refractivity contribution in [1.29, 1.82) is 0 Å². The van der Waals surface area contributed by atoms with Crippen LogP contribution < -0.4 is 5.32 Å². The van der Waals surface area contributed by atoms with Gasteiger partial charge in [0.1, 0.15) is 10.8 Å². The molecule has 2 heterocycles. The molecule has 1 aliphatic rings. The number of esters is 1. The lowest BCUT2D eigenvalue weighted by Crippen LogP contribution is -2.26. The second-order valence-electron chi connectivity index (χ2n) is 10.3. The predicted molar refractivity (Wildman–Crippen MR) is 152 cm³/mol. The van der Waals surface area contributed by atoms with Crippen molar-refractivity contribution < 1.29 is 19.4 Å². The Bertz CT molecular complexity index is 1340. The first-order valence-corrected chi connectivity index (χ1v) is 14.5. The number of fused-ring (bicyclic) bond motifs is 1. The van der Waals surface area contributed by atoms with Gasteiger partial charge >= 0.3 is 5.97 Å². The lowest BCUT2D eigenvalue weighted by Gasteiger charge is -2.33. The molecule has 202 valence electrons. The summed E-state index contributed by atoms with van der Waals surface area (Å²) in [5.74, 6) is 0.545. The number of phenols is 1. The standard InChI is InChI=1S/C28H34N4O4S2/c1-6-14-32-24(18-10-8-9-11-20(18)33)30-31-27(32)37-16-22(34)29-25-23(26(35)36-7-2)19-13-12-17(28(3,4)5)15-21(19)38-25/h6,8-11,17,33H,1,7,12-16H2,2-5H3,(H,29,34)/t17-/m1/s1. The highest BCUT2D eigenvalue weighted by Gasteiger charge is 2.34. The molecule has 0 bridgehead atoms. The molecule has 1 aromatic carbocycles. The number of carbonyl (C=O) groups is 2. The number of phenolic OH excluding ortho intramolecular Hbond substituents is 1. The van der Waals surface area contributed by atoms with Gasteiger partial charge in [-0.2, -0.15) is 0 Å². The minimum atomic E-state index is -0.389. The molecule has 4 rings (SSSR count). The largest absolute Gasteiger partial charge is 0.507 e. The summed E-state index contributed by atoms with van der Waals surface area (Å²) in [5, 5.41) is 22.8. The van der Waals surface area contributed by atoms with E-state index in [1.165, 1.54) is 23.1 Å². The third-order valence-corrected chi connectivity index (χ3v) is 8.86. The Hall–Kier alpha value is -3.11. The first kappa shape index (κ1) is 27.9. The normalized spacial score (nSPS) is 15.1. The number of rotatable bonds is 9. The van der Waals surface area contributed by atoms with Crippen molar-refractivity contribution in [3.8, 4) is 17.1 Å². The molecule has 0 saturated heterocycles. The maximum Gasteiger partial charge on any atom is 0.341 e. The number of carbonyl (C=O) groups excluding carboxylic acids is 2. The zero-order valence-corrected chi connectivity index (χ0v) is 23.9. The number of allylic oxidation sites excluding steroid dienone is 1. The number of hydrogen-bond acceptors (Lipinski definition) is 8. The molecule has 2 N–H and O–H groups in total. The second kappa shape index (κ2) is 11.7. The fourth-order valence-corrected chi connectivity index (χ4v) is 6.76. The van der Waals surface area contributed by atoms with Crippen molar-refractivity contribution in [3.05, 3.63) is 52.9 Å². The van der Waals surface area contributed by atoms with Gasteiger partial charge in [0.2, 0.25) is 5.91 Å². The second-order valence-corrected chi connectivity index (χ2v) is 12.3. The van der Waals surface area contributed by atoms with E-state index in [9.17, 15) is 14.7 Å². The van der Waals surface area contributed by atoms with Crippen LogP contribution >= 0.6 is 23.1 Å². The van der Waals surface area contributed by atoms with Gasteiger partial charge in [-0.1, -0.05) is 50.7 Å². The van der Waals surface area contributed by atoms with E-state index in [-0.39, 0.29) is 35.4 Å². The summed E-state index contributed by atoms with van der Waals surface area (Å²) in [6.45, 7) is 13.0. The summed E-state index contributed by atoms with van der Waals surface area (Å²) in [4.78, 5) is 27.1. The number of ether oxygens (including phenoxy) is 1. The number of amides is 1. The molecule has 2 aromatic heterocycles. The van der Waals surface area contributed by atoms with Crippen LogP contribution in [0.15, 0.2) is 42.1 Å². The Labute approximate surface area is 231 Å². The zero-order chi connectivity index (χ0) is 27.4. The van der Waals surface area contributed by atoms with Gasteiger partial charge in [-0.3, -0.25) is 9.36 Å². The fourth-order valence-electron chi connectivity index (χ4n) is 4.68. The van der Waals surface area contributed by atoms with Crippen LogP contribution in [0.4, 0.5) is 5.00 Å². The molecule has 8 nitrogen and oxygen atoms in total. The van der Waals surface area contributed by atoms with Crippen molar-refractivity contribution in [1.82, 2.24) is 14.8 Å². The third kappa shape index (κ3) is 5.96. The van der Waals surface area contributed by atoms with Crippen molar-refractivity contribution in [3.63, 3.8) is 0 Å². The number of hydrogen-bond donors (Lipinski definition) is 2. The van der Waals surface area contributed by atoms with E-state index in [0.717, 1.165) is 29.7 Å². The van der Waals surface area contributed by atoms with Crippen LogP contribution in [0.3, 0.4) is 0 Å². The maximum absolute atomic E-state index is 13.1. The van der Waals surface area contributed by atoms with Gasteiger partial charge < -0.3 is 15.2 Å². The molecular formula is C28H34N4O4S2. The number of benzene rings is 1. The Morgan fingerprint density at radius 2 is 2.08 bits per heavy atom. The van der Waals surface area contributed by atoms with Gasteiger partial charge in [-0.15, -0.1) is 28.1 Å². The summed E-state index contributed by atoms with van der Waals surface area (Å²) in [5.41, 5.74) is 2.22. The van der Waals surface area contributed by atoms with Crippen LogP contribution in [0.5, 0.6) is 5.75 Å². The molecule has 1 atom stereocenters. The highest BCUT2D eigenvalue weighted by atomic mass is 32.2. The molecular weight excluding hydrogens is 520 g/mol. The average Bonchev–Trinajstić information content (AvgIpc) is 3.43. The maximum atomic E-state index is 13.1. The Morgan fingerprint density at radius 3 is 2.76 bits per heavy atom. The van der Waals surface area contributed by atoms with E-state index in [1.807, 2.05) is 6.07 Å². The molecule has 0 spiro atoms. The summed E-state index contributed by atoms with van der Waals surface area (Å²) >= 11 is 2.72. The number of nitrogens with one attached hydrogen (secondary N) is 1. The van der Waals surface area contributed by atoms with E-state index in [2.05, 4.69) is 42.9 Å². The average molecular weight is 555 g/mol. The number of anilines is 1. The van der Waals surface area contributed by atoms with Gasteiger partial charge in [0.05, 0.1) is 23.5 Å². The van der Waals surface area contributed by atoms with E-state index in [0.29, 0.717) is 39.6 Å². The molecule has 0 fully saturated rings. The van der Waals surface area contributed by atoms with Crippen molar-refractivity contribution in [2.75, 3.05) is 17.7 Å². The minimum Gasteiger partial charge on any atom is -0.507 e. The van der Waals surface area contributed by atoms with E-state index >= 15 is 0 Å². The molecule has 1 aliphatic carbocycles. The first-order chi connectivity index (χ1) is 18.1. The van der Waals surface area contributed by atoms with Crippen LogP contribution in [0.2, 0.25) is 0 Å². The van der Waals surface area contributed by atoms with E-state index in [1.54, 1.807) is 35.8 Å². The molecule has 0 radical (unpaired) electrons. The Balaban J connectivity index is 1.53. The first-order valence-electron chi connectivity index (χ1n) is 12.7. The zero-order valence-electron chi connectivity index (χ0n) is 22.2. The highest BCUT2D eigenvalue weighted by Crippen LogP contribution is 2.44. The number of para-hydroxylation sites is 1. The monoisotopic (exact) mass is 554 g/mol. The van der Waals surface area contributed by atoms with Crippen LogP contribution in [-0.4, -0.2) is 44.1 Å². The minimum absolute atomic E-state index is 0.0749. The molecule has 38 heavy (non-hydrogen) atoms. The van der Waals surface area contributed by atoms with E-state index < -0.39 is 0 Å². The Kier molecular flexibility index (Phi) is 8.62. The lowest BCUT2D eigenvalue weighted by atomic mass is 9.72. The van der Waals surface area contributed by atoms with E-state index in [4.69, 9.17) is 4.74 Å². The SMILES string of the molecule is C=CCn1c(SCC(=O)Nc2sc3c(c2C(=O)OCC)CC[C@@H](C(C)(C)C)C3)nnc1-c1ccccc1O. The summed E-state index contributed by atoms with van der Waals surface area (Å²) < 4.78 is 7.16.